The van der Waals surface area contributed by atoms with Gasteiger partial charge in [0, 0.05) is 6.07 Å². The van der Waals surface area contributed by atoms with E-state index in [0.29, 0.717) is 0 Å². The zero-order valence-electron chi connectivity index (χ0n) is 9.75. The molecule has 0 N–H and O–H groups in total. The Morgan fingerprint density at radius 1 is 1.25 bits per heavy atom. The fraction of sp³-hybridized carbons (Fsp3) is 0.455. The molecule has 1 unspecified atom stereocenters. The van der Waals surface area contributed by atoms with Crippen LogP contribution in [0, 0.1) is 11.6 Å². The molecule has 0 bridgehead atoms. The Labute approximate surface area is 97.6 Å². The van der Waals surface area contributed by atoms with Crippen molar-refractivity contribution in [3.63, 3.8) is 0 Å². The Hall–Kier alpha value is -0.810. The average molecular weight is 247 g/mol. The highest BCUT2D eigenvalue weighted by atomic mass is 32.2. The second-order valence-electron chi connectivity index (χ2n) is 4.45. The van der Waals surface area contributed by atoms with Gasteiger partial charge in [0.25, 0.3) is 0 Å². The van der Waals surface area contributed by atoms with Crippen LogP contribution in [-0.4, -0.2) is 16.3 Å². The number of rotatable bonds is 2. The smallest absolute Gasteiger partial charge is 0.153 e. The van der Waals surface area contributed by atoms with Crippen LogP contribution >= 0.6 is 0 Å². The molecule has 1 atom stereocenters. The predicted molar refractivity (Wildman–Crippen MR) is 62.7 cm³/mol. The maximum atomic E-state index is 13.4. The molecule has 0 amide bonds. The van der Waals surface area contributed by atoms with E-state index in [1.807, 2.05) is 0 Å². The predicted octanol–water partition coefficient (Wildman–Crippen LogP) is 2.86. The van der Waals surface area contributed by atoms with Gasteiger partial charge < -0.3 is 4.55 Å². The number of hydrogen-bond acceptors (Lipinski definition) is 2. The third kappa shape index (κ3) is 2.86. The highest BCUT2D eigenvalue weighted by Gasteiger charge is 2.32. The van der Waals surface area contributed by atoms with Crippen LogP contribution in [0.3, 0.4) is 0 Å². The highest BCUT2D eigenvalue weighted by molar-refractivity contribution is 7.94. The quantitative estimate of drug-likeness (QED) is 0.751. The topological polar surface area (TPSA) is 26.3 Å². The Bertz CT molecular complexity index is 379. The van der Waals surface area contributed by atoms with E-state index in [9.17, 15) is 13.3 Å². The van der Waals surface area contributed by atoms with Gasteiger partial charge >= 0.3 is 0 Å². The van der Waals surface area contributed by atoms with Crippen LogP contribution in [0.4, 0.5) is 14.5 Å². The van der Waals surface area contributed by atoms with E-state index in [1.165, 1.54) is 17.4 Å². The van der Waals surface area contributed by atoms with Gasteiger partial charge in [-0.3, -0.25) is 0 Å². The number of hydrogen-bond donors (Lipinski definition) is 0. The summed E-state index contributed by atoms with van der Waals surface area (Å²) in [6, 6.07) is 3.22. The SMILES string of the molecule is CN(c1ccc(F)cc1F)[S+]([O-])C(C)(C)C. The minimum atomic E-state index is -1.38. The Kier molecular flexibility index (Phi) is 3.80. The molecule has 0 saturated carbocycles. The van der Waals surface area contributed by atoms with E-state index in [0.717, 1.165) is 12.1 Å². The van der Waals surface area contributed by atoms with Gasteiger partial charge in [0.2, 0.25) is 0 Å². The van der Waals surface area contributed by atoms with E-state index in [2.05, 4.69) is 0 Å². The van der Waals surface area contributed by atoms with Crippen molar-refractivity contribution in [3.8, 4) is 0 Å². The lowest BCUT2D eigenvalue weighted by Gasteiger charge is -2.31. The fourth-order valence-corrected chi connectivity index (χ4v) is 2.39. The summed E-state index contributed by atoms with van der Waals surface area (Å²) in [4.78, 5) is 0. The second kappa shape index (κ2) is 4.59. The van der Waals surface area contributed by atoms with Gasteiger partial charge in [-0.05, 0) is 32.9 Å². The maximum absolute atomic E-state index is 13.4. The first kappa shape index (κ1) is 13.3. The van der Waals surface area contributed by atoms with Crippen molar-refractivity contribution >= 4 is 17.0 Å². The monoisotopic (exact) mass is 247 g/mol. The second-order valence-corrected chi connectivity index (χ2v) is 6.73. The van der Waals surface area contributed by atoms with Crippen molar-refractivity contribution < 1.29 is 13.3 Å². The summed E-state index contributed by atoms with van der Waals surface area (Å²) >= 11 is -1.38. The third-order valence-corrected chi connectivity index (χ3v) is 3.76. The Morgan fingerprint density at radius 3 is 2.25 bits per heavy atom. The summed E-state index contributed by atoms with van der Waals surface area (Å²) in [5.74, 6) is -1.35. The van der Waals surface area contributed by atoms with Crippen molar-refractivity contribution in [2.75, 3.05) is 11.4 Å². The van der Waals surface area contributed by atoms with Gasteiger partial charge in [-0.2, -0.15) is 4.31 Å². The molecule has 1 aromatic carbocycles. The summed E-state index contributed by atoms with van der Waals surface area (Å²) in [6.07, 6.45) is 0. The van der Waals surface area contributed by atoms with Gasteiger partial charge in [0.15, 0.2) is 5.82 Å². The molecule has 0 fully saturated rings. The van der Waals surface area contributed by atoms with Crippen molar-refractivity contribution in [1.29, 1.82) is 0 Å². The molecule has 0 aliphatic rings. The molecule has 0 aromatic heterocycles. The lowest BCUT2D eigenvalue weighted by Crippen LogP contribution is -2.41. The van der Waals surface area contributed by atoms with Crippen LogP contribution in [-0.2, 0) is 11.4 Å². The van der Waals surface area contributed by atoms with Crippen LogP contribution in [0.5, 0.6) is 0 Å². The van der Waals surface area contributed by atoms with Gasteiger partial charge in [0.05, 0.1) is 18.4 Å². The van der Waals surface area contributed by atoms with E-state index < -0.39 is 27.7 Å². The van der Waals surface area contributed by atoms with Crippen molar-refractivity contribution in [2.24, 2.45) is 0 Å². The third-order valence-electron chi connectivity index (χ3n) is 2.02. The van der Waals surface area contributed by atoms with E-state index in [-0.39, 0.29) is 5.69 Å². The van der Waals surface area contributed by atoms with Crippen molar-refractivity contribution in [1.82, 2.24) is 0 Å². The van der Waals surface area contributed by atoms with Gasteiger partial charge in [-0.1, -0.05) is 0 Å². The highest BCUT2D eigenvalue weighted by Crippen LogP contribution is 2.27. The molecule has 5 heteroatoms. The average Bonchev–Trinajstić information content (AvgIpc) is 2.14. The lowest BCUT2D eigenvalue weighted by molar-refractivity contribution is 0.553. The maximum Gasteiger partial charge on any atom is 0.153 e. The van der Waals surface area contributed by atoms with E-state index in [4.69, 9.17) is 0 Å². The minimum absolute atomic E-state index is 0.134. The molecule has 0 heterocycles. The molecule has 0 aliphatic heterocycles. The molecular formula is C11H15F2NOS. The van der Waals surface area contributed by atoms with Crippen LogP contribution in [0.1, 0.15) is 20.8 Å². The van der Waals surface area contributed by atoms with Crippen molar-refractivity contribution in [2.45, 2.75) is 25.5 Å². The zero-order valence-corrected chi connectivity index (χ0v) is 10.6. The molecule has 0 radical (unpaired) electrons. The van der Waals surface area contributed by atoms with Crippen molar-refractivity contribution in [3.05, 3.63) is 29.8 Å². The van der Waals surface area contributed by atoms with Crippen LogP contribution in [0.25, 0.3) is 0 Å². The Balaban J connectivity index is 3.01. The molecule has 0 saturated heterocycles. The molecule has 16 heavy (non-hydrogen) atoms. The van der Waals surface area contributed by atoms with Crippen LogP contribution in [0.15, 0.2) is 18.2 Å². The Morgan fingerprint density at radius 2 is 1.81 bits per heavy atom. The molecular weight excluding hydrogens is 232 g/mol. The molecule has 1 rings (SSSR count). The van der Waals surface area contributed by atoms with Crippen LogP contribution < -0.4 is 4.31 Å². The standard InChI is InChI=1S/C11H15F2NOS/c1-11(2,3)16(15)14(4)10-6-5-8(12)7-9(10)13/h5-7H,1-4H3. The molecule has 0 aliphatic carbocycles. The largest absolute Gasteiger partial charge is 0.593 e. The van der Waals surface area contributed by atoms with Crippen LogP contribution in [0.2, 0.25) is 0 Å². The van der Waals surface area contributed by atoms with E-state index in [1.54, 1.807) is 20.8 Å². The lowest BCUT2D eigenvalue weighted by atomic mass is 10.3. The summed E-state index contributed by atoms with van der Waals surface area (Å²) < 4.78 is 38.9. The van der Waals surface area contributed by atoms with Gasteiger partial charge in [-0.25, -0.2) is 8.78 Å². The normalized spacial score (nSPS) is 13.7. The summed E-state index contributed by atoms with van der Waals surface area (Å²) in [5.41, 5.74) is 0.134. The number of anilines is 1. The number of benzene rings is 1. The van der Waals surface area contributed by atoms with Gasteiger partial charge in [0.1, 0.15) is 16.3 Å². The fourth-order valence-electron chi connectivity index (χ4n) is 1.24. The number of halogens is 2. The first-order valence-corrected chi connectivity index (χ1v) is 5.95. The zero-order chi connectivity index (χ0) is 12.5. The number of nitrogens with zero attached hydrogens (tertiary/aromatic N) is 1. The summed E-state index contributed by atoms with van der Waals surface area (Å²) in [5, 5.41) is 0. The first-order chi connectivity index (χ1) is 7.23. The first-order valence-electron chi connectivity index (χ1n) is 4.84. The molecule has 0 spiro atoms. The molecule has 1 aromatic rings. The van der Waals surface area contributed by atoms with E-state index >= 15 is 0 Å². The minimum Gasteiger partial charge on any atom is -0.593 e. The summed E-state index contributed by atoms with van der Waals surface area (Å²) in [6.45, 7) is 5.38. The summed E-state index contributed by atoms with van der Waals surface area (Å²) in [7, 11) is 1.53. The molecule has 90 valence electrons. The molecule has 2 nitrogen and oxygen atoms in total. The van der Waals surface area contributed by atoms with Gasteiger partial charge in [-0.15, -0.1) is 0 Å².